The second-order valence-electron chi connectivity index (χ2n) is 6.52. The zero-order valence-electron chi connectivity index (χ0n) is 14.6. The predicted molar refractivity (Wildman–Crippen MR) is 95.5 cm³/mol. The van der Waals surface area contributed by atoms with Crippen molar-refractivity contribution >= 4 is 17.9 Å². The van der Waals surface area contributed by atoms with Gasteiger partial charge in [-0.25, -0.2) is 9.59 Å². The van der Waals surface area contributed by atoms with Crippen LogP contribution in [-0.2, 0) is 21.5 Å². The fourth-order valence-corrected chi connectivity index (χ4v) is 2.92. The average Bonchev–Trinajstić information content (AvgIpc) is 2.88. The lowest BCUT2D eigenvalue weighted by Gasteiger charge is -2.21. The van der Waals surface area contributed by atoms with Crippen LogP contribution in [0, 0.1) is 0 Å². The van der Waals surface area contributed by atoms with Crippen LogP contribution in [0.4, 0.5) is 4.79 Å². The summed E-state index contributed by atoms with van der Waals surface area (Å²) in [6.07, 6.45) is 0.372. The molecule has 6 heteroatoms. The number of hydrogen-bond acceptors (Lipinski definition) is 4. The van der Waals surface area contributed by atoms with Gasteiger partial charge in [-0.3, -0.25) is 10.1 Å². The van der Waals surface area contributed by atoms with Crippen molar-refractivity contribution in [2.75, 3.05) is 0 Å². The van der Waals surface area contributed by atoms with E-state index in [0.29, 0.717) is 17.5 Å². The van der Waals surface area contributed by atoms with Crippen molar-refractivity contribution in [3.8, 4) is 0 Å². The summed E-state index contributed by atoms with van der Waals surface area (Å²) >= 11 is 0. The van der Waals surface area contributed by atoms with Crippen LogP contribution in [-0.4, -0.2) is 24.0 Å². The second kappa shape index (κ2) is 7.00. The van der Waals surface area contributed by atoms with Gasteiger partial charge in [0.1, 0.15) is 11.6 Å². The first kappa shape index (κ1) is 17.7. The smallest absolute Gasteiger partial charge is 0.338 e. The SMILES string of the molecule is C[C@@H](Cc1ccccc1)OC(=O)c1ccc([C@@]2(C)NC(=O)NC2=O)cc1. The molecule has 0 aliphatic carbocycles. The molecule has 1 heterocycles. The molecule has 0 bridgehead atoms. The monoisotopic (exact) mass is 352 g/mol. The van der Waals surface area contributed by atoms with Gasteiger partial charge in [0.05, 0.1) is 5.56 Å². The average molecular weight is 352 g/mol. The Hall–Kier alpha value is -3.15. The standard InChI is InChI=1S/C20H20N2O4/c1-13(12-14-6-4-3-5-7-14)26-17(23)15-8-10-16(11-9-15)20(2)18(24)21-19(25)22-20/h3-11,13H,12H2,1-2H3,(H2,21,22,24,25)/t13-,20+/m0/s1. The van der Waals surface area contributed by atoms with E-state index >= 15 is 0 Å². The third kappa shape index (κ3) is 3.59. The molecule has 3 rings (SSSR count). The summed E-state index contributed by atoms with van der Waals surface area (Å²) < 4.78 is 5.48. The van der Waals surface area contributed by atoms with Gasteiger partial charge in [0, 0.05) is 6.42 Å². The first-order valence-corrected chi connectivity index (χ1v) is 8.37. The van der Waals surface area contributed by atoms with E-state index in [-0.39, 0.29) is 6.10 Å². The summed E-state index contributed by atoms with van der Waals surface area (Å²) in [7, 11) is 0. The number of nitrogens with one attached hydrogen (secondary N) is 2. The molecular weight excluding hydrogens is 332 g/mol. The van der Waals surface area contributed by atoms with E-state index in [1.165, 1.54) is 0 Å². The largest absolute Gasteiger partial charge is 0.459 e. The van der Waals surface area contributed by atoms with Crippen molar-refractivity contribution in [1.29, 1.82) is 0 Å². The molecule has 0 unspecified atom stereocenters. The minimum atomic E-state index is -1.14. The number of hydrogen-bond donors (Lipinski definition) is 2. The van der Waals surface area contributed by atoms with E-state index in [4.69, 9.17) is 4.74 Å². The quantitative estimate of drug-likeness (QED) is 0.640. The Morgan fingerprint density at radius 3 is 2.31 bits per heavy atom. The van der Waals surface area contributed by atoms with Gasteiger partial charge in [-0.05, 0) is 37.1 Å². The van der Waals surface area contributed by atoms with E-state index in [1.807, 2.05) is 37.3 Å². The molecule has 134 valence electrons. The lowest BCUT2D eigenvalue weighted by molar-refractivity contribution is -0.123. The first-order chi connectivity index (χ1) is 12.4. The highest BCUT2D eigenvalue weighted by Gasteiger charge is 2.43. The Labute approximate surface area is 151 Å². The lowest BCUT2D eigenvalue weighted by atomic mass is 9.91. The van der Waals surface area contributed by atoms with Crippen molar-refractivity contribution < 1.29 is 19.1 Å². The fourth-order valence-electron chi connectivity index (χ4n) is 2.92. The maximum absolute atomic E-state index is 12.3. The molecule has 1 aliphatic heterocycles. The van der Waals surface area contributed by atoms with E-state index in [9.17, 15) is 14.4 Å². The molecule has 6 nitrogen and oxygen atoms in total. The van der Waals surface area contributed by atoms with Crippen LogP contribution in [0.3, 0.4) is 0 Å². The summed E-state index contributed by atoms with van der Waals surface area (Å²) in [5, 5.41) is 4.80. The van der Waals surface area contributed by atoms with Crippen LogP contribution >= 0.6 is 0 Å². The fraction of sp³-hybridized carbons (Fsp3) is 0.250. The zero-order chi connectivity index (χ0) is 18.7. The number of carbonyl (C=O) groups is 3. The number of imide groups is 1. The minimum Gasteiger partial charge on any atom is -0.459 e. The summed E-state index contributed by atoms with van der Waals surface area (Å²) in [5.41, 5.74) is 0.941. The Morgan fingerprint density at radius 1 is 1.08 bits per heavy atom. The van der Waals surface area contributed by atoms with Crippen molar-refractivity contribution in [1.82, 2.24) is 10.6 Å². The van der Waals surface area contributed by atoms with Crippen molar-refractivity contribution in [3.63, 3.8) is 0 Å². The van der Waals surface area contributed by atoms with Crippen LogP contribution in [0.2, 0.25) is 0 Å². The van der Waals surface area contributed by atoms with Gasteiger partial charge in [-0.1, -0.05) is 42.5 Å². The molecule has 0 radical (unpaired) electrons. The summed E-state index contributed by atoms with van der Waals surface area (Å²) in [4.78, 5) is 35.6. The Kier molecular flexibility index (Phi) is 4.75. The minimum absolute atomic E-state index is 0.262. The molecule has 2 aromatic rings. The highest BCUT2D eigenvalue weighted by Crippen LogP contribution is 2.24. The molecule has 0 spiro atoms. The van der Waals surface area contributed by atoms with Gasteiger partial charge in [-0.2, -0.15) is 0 Å². The number of carbonyl (C=O) groups excluding carboxylic acids is 3. The topological polar surface area (TPSA) is 84.5 Å². The van der Waals surface area contributed by atoms with Crippen LogP contribution < -0.4 is 10.6 Å². The molecule has 0 saturated carbocycles. The Balaban J connectivity index is 1.65. The summed E-state index contributed by atoms with van der Waals surface area (Å²) in [6, 6.07) is 15.7. The molecule has 1 saturated heterocycles. The van der Waals surface area contributed by atoms with E-state index < -0.39 is 23.4 Å². The molecule has 1 fully saturated rings. The number of ether oxygens (including phenoxy) is 1. The molecular formula is C20H20N2O4. The van der Waals surface area contributed by atoms with Gasteiger partial charge < -0.3 is 10.1 Å². The van der Waals surface area contributed by atoms with Crippen molar-refractivity contribution in [2.45, 2.75) is 31.9 Å². The molecule has 2 N–H and O–H groups in total. The highest BCUT2D eigenvalue weighted by atomic mass is 16.5. The summed E-state index contributed by atoms with van der Waals surface area (Å²) in [5.74, 6) is -0.848. The van der Waals surface area contributed by atoms with Gasteiger partial charge >= 0.3 is 12.0 Å². The Bertz CT molecular complexity index is 833. The van der Waals surface area contributed by atoms with Gasteiger partial charge in [0.2, 0.25) is 0 Å². The molecule has 2 atom stereocenters. The Morgan fingerprint density at radius 2 is 1.73 bits per heavy atom. The van der Waals surface area contributed by atoms with Crippen LogP contribution in [0.15, 0.2) is 54.6 Å². The predicted octanol–water partition coefficient (Wildman–Crippen LogP) is 2.53. The summed E-state index contributed by atoms with van der Waals surface area (Å²) in [6.45, 7) is 3.46. The molecule has 3 amide bonds. The molecule has 1 aliphatic rings. The third-order valence-corrected chi connectivity index (χ3v) is 4.42. The molecule has 26 heavy (non-hydrogen) atoms. The number of esters is 1. The van der Waals surface area contributed by atoms with E-state index in [2.05, 4.69) is 10.6 Å². The van der Waals surface area contributed by atoms with Gasteiger partial charge in [0.25, 0.3) is 5.91 Å². The van der Waals surface area contributed by atoms with E-state index in [1.54, 1.807) is 31.2 Å². The van der Waals surface area contributed by atoms with Gasteiger partial charge in [0.15, 0.2) is 0 Å². The highest BCUT2D eigenvalue weighted by molar-refractivity contribution is 6.07. The number of benzene rings is 2. The third-order valence-electron chi connectivity index (χ3n) is 4.42. The van der Waals surface area contributed by atoms with Crippen molar-refractivity contribution in [2.24, 2.45) is 0 Å². The van der Waals surface area contributed by atoms with E-state index in [0.717, 1.165) is 5.56 Å². The maximum Gasteiger partial charge on any atom is 0.338 e. The second-order valence-corrected chi connectivity index (χ2v) is 6.52. The normalized spacial score (nSPS) is 20.2. The van der Waals surface area contributed by atoms with Gasteiger partial charge in [-0.15, -0.1) is 0 Å². The maximum atomic E-state index is 12.3. The van der Waals surface area contributed by atoms with Crippen LogP contribution in [0.5, 0.6) is 0 Å². The lowest BCUT2D eigenvalue weighted by Crippen LogP contribution is -2.40. The number of amides is 3. The first-order valence-electron chi connectivity index (χ1n) is 8.37. The molecule has 0 aromatic heterocycles. The van der Waals surface area contributed by atoms with Crippen LogP contribution in [0.25, 0.3) is 0 Å². The number of urea groups is 1. The van der Waals surface area contributed by atoms with Crippen LogP contribution in [0.1, 0.15) is 35.3 Å². The molecule has 2 aromatic carbocycles. The number of rotatable bonds is 5. The zero-order valence-corrected chi connectivity index (χ0v) is 14.6. The van der Waals surface area contributed by atoms with Crippen molar-refractivity contribution in [3.05, 3.63) is 71.3 Å².